The number of para-hydroxylation sites is 1. The van der Waals surface area contributed by atoms with Crippen LogP contribution < -0.4 is 15.0 Å². The highest BCUT2D eigenvalue weighted by Crippen LogP contribution is 2.39. The van der Waals surface area contributed by atoms with Gasteiger partial charge in [0.2, 0.25) is 0 Å². The molecule has 0 aliphatic carbocycles. The summed E-state index contributed by atoms with van der Waals surface area (Å²) in [5.41, 5.74) is 1.56. The Balaban J connectivity index is 1.60. The third-order valence-electron chi connectivity index (χ3n) is 4.88. The first kappa shape index (κ1) is 18.8. The number of nitrogens with zero attached hydrogens (tertiary/aromatic N) is 1. The molecule has 0 fully saturated rings. The fourth-order valence-electron chi connectivity index (χ4n) is 3.46. The summed E-state index contributed by atoms with van der Waals surface area (Å²) in [7, 11) is 0. The van der Waals surface area contributed by atoms with E-state index in [9.17, 15) is 9.59 Å². The van der Waals surface area contributed by atoms with Crippen molar-refractivity contribution in [3.63, 3.8) is 0 Å². The normalized spacial score (nSPS) is 13.7. The minimum atomic E-state index is -0.211. The van der Waals surface area contributed by atoms with Gasteiger partial charge in [-0.05, 0) is 56.3 Å². The number of anilines is 1. The molecule has 4 rings (SSSR count). The summed E-state index contributed by atoms with van der Waals surface area (Å²) in [5.74, 6) is 1.51. The molecule has 2 aromatic carbocycles. The Kier molecular flexibility index (Phi) is 5.08. The van der Waals surface area contributed by atoms with Gasteiger partial charge in [0.15, 0.2) is 5.75 Å². The molecular weight excluding hydrogens is 368 g/mol. The van der Waals surface area contributed by atoms with Crippen LogP contribution in [0.4, 0.5) is 5.69 Å². The maximum atomic E-state index is 13.0. The van der Waals surface area contributed by atoms with Crippen LogP contribution in [0.1, 0.15) is 40.3 Å². The molecule has 0 spiro atoms. The number of carbonyl (C=O) groups is 2. The van der Waals surface area contributed by atoms with Crippen molar-refractivity contribution >= 4 is 17.5 Å². The molecule has 2 amide bonds. The molecule has 1 atom stereocenters. The summed E-state index contributed by atoms with van der Waals surface area (Å²) in [5, 5.41) is 2.97. The highest BCUT2D eigenvalue weighted by atomic mass is 16.5. The van der Waals surface area contributed by atoms with Gasteiger partial charge in [-0.2, -0.15) is 0 Å². The minimum Gasteiger partial charge on any atom is -0.469 e. The van der Waals surface area contributed by atoms with E-state index in [2.05, 4.69) is 5.32 Å². The number of fused-ring (bicyclic) bond motifs is 2. The Labute approximate surface area is 169 Å². The highest BCUT2D eigenvalue weighted by molar-refractivity contribution is 6.10. The van der Waals surface area contributed by atoms with Crippen molar-refractivity contribution in [1.29, 1.82) is 0 Å². The number of amides is 2. The van der Waals surface area contributed by atoms with Crippen LogP contribution in [0.3, 0.4) is 0 Å². The lowest BCUT2D eigenvalue weighted by molar-refractivity contribution is 0.0937. The van der Waals surface area contributed by atoms with E-state index < -0.39 is 0 Å². The van der Waals surface area contributed by atoms with Gasteiger partial charge in [0, 0.05) is 24.6 Å². The Bertz CT molecular complexity index is 1040. The molecule has 0 unspecified atom stereocenters. The van der Waals surface area contributed by atoms with Gasteiger partial charge < -0.3 is 19.4 Å². The van der Waals surface area contributed by atoms with Gasteiger partial charge in [0.1, 0.15) is 11.5 Å². The predicted octanol–water partition coefficient (Wildman–Crippen LogP) is 4.41. The zero-order valence-corrected chi connectivity index (χ0v) is 16.3. The molecule has 0 saturated carbocycles. The van der Waals surface area contributed by atoms with Crippen molar-refractivity contribution in [3.05, 3.63) is 77.7 Å². The Morgan fingerprint density at radius 2 is 1.93 bits per heavy atom. The van der Waals surface area contributed by atoms with E-state index in [-0.39, 0.29) is 17.9 Å². The molecule has 6 nitrogen and oxygen atoms in total. The van der Waals surface area contributed by atoms with E-state index in [1.807, 2.05) is 38.1 Å². The van der Waals surface area contributed by atoms with Gasteiger partial charge in [0.25, 0.3) is 11.8 Å². The van der Waals surface area contributed by atoms with Gasteiger partial charge in [-0.1, -0.05) is 12.1 Å². The predicted molar refractivity (Wildman–Crippen MR) is 110 cm³/mol. The summed E-state index contributed by atoms with van der Waals surface area (Å²) in [6, 6.07) is 15.9. The van der Waals surface area contributed by atoms with Crippen LogP contribution in [0.5, 0.6) is 11.5 Å². The third kappa shape index (κ3) is 3.74. The topological polar surface area (TPSA) is 71.8 Å². The number of furan rings is 1. The molecule has 0 saturated heterocycles. The van der Waals surface area contributed by atoms with Gasteiger partial charge in [0.05, 0.1) is 17.5 Å². The molecule has 6 heteroatoms. The van der Waals surface area contributed by atoms with Crippen LogP contribution in [-0.2, 0) is 6.42 Å². The van der Waals surface area contributed by atoms with Crippen molar-refractivity contribution in [2.75, 3.05) is 11.4 Å². The molecule has 1 aromatic heterocycles. The molecule has 29 heavy (non-hydrogen) atoms. The van der Waals surface area contributed by atoms with Crippen molar-refractivity contribution in [2.24, 2.45) is 0 Å². The quantitative estimate of drug-likeness (QED) is 0.700. The first-order valence-corrected chi connectivity index (χ1v) is 9.63. The molecule has 3 aromatic rings. The van der Waals surface area contributed by atoms with Crippen LogP contribution >= 0.6 is 0 Å². The number of hydrogen-bond donors (Lipinski definition) is 1. The average Bonchev–Trinajstić information content (AvgIpc) is 3.18. The highest BCUT2D eigenvalue weighted by Gasteiger charge is 2.28. The average molecular weight is 390 g/mol. The number of carbonyl (C=O) groups excluding carboxylic acids is 2. The first-order chi connectivity index (χ1) is 14.1. The lowest BCUT2D eigenvalue weighted by Crippen LogP contribution is -2.34. The second-order valence-corrected chi connectivity index (χ2v) is 6.99. The zero-order chi connectivity index (χ0) is 20.4. The molecule has 1 N–H and O–H groups in total. The van der Waals surface area contributed by atoms with Crippen LogP contribution in [0.2, 0.25) is 0 Å². The van der Waals surface area contributed by atoms with Gasteiger partial charge in [-0.25, -0.2) is 0 Å². The number of ether oxygens (including phenoxy) is 1. The summed E-state index contributed by atoms with van der Waals surface area (Å²) >= 11 is 0. The molecule has 0 radical (unpaired) electrons. The number of hydrogen-bond acceptors (Lipinski definition) is 4. The zero-order valence-electron chi connectivity index (χ0n) is 16.3. The van der Waals surface area contributed by atoms with Crippen molar-refractivity contribution in [1.82, 2.24) is 5.32 Å². The van der Waals surface area contributed by atoms with E-state index in [4.69, 9.17) is 9.15 Å². The van der Waals surface area contributed by atoms with Crippen LogP contribution in [0.25, 0.3) is 0 Å². The van der Waals surface area contributed by atoms with Crippen molar-refractivity contribution in [2.45, 2.75) is 26.3 Å². The first-order valence-electron chi connectivity index (χ1n) is 9.63. The molecular formula is C23H22N2O4. The summed E-state index contributed by atoms with van der Waals surface area (Å²) < 4.78 is 11.3. The number of benzene rings is 2. The lowest BCUT2D eigenvalue weighted by atomic mass is 10.1. The summed E-state index contributed by atoms with van der Waals surface area (Å²) in [6.45, 7) is 4.28. The third-order valence-corrected chi connectivity index (χ3v) is 4.88. The van der Waals surface area contributed by atoms with Crippen LogP contribution in [0.15, 0.2) is 65.3 Å². The van der Waals surface area contributed by atoms with Crippen molar-refractivity contribution < 1.29 is 18.7 Å². The van der Waals surface area contributed by atoms with E-state index in [0.717, 1.165) is 5.76 Å². The molecule has 1 aliphatic heterocycles. The largest absolute Gasteiger partial charge is 0.469 e. The van der Waals surface area contributed by atoms with E-state index in [1.165, 1.54) is 0 Å². The smallest absolute Gasteiger partial charge is 0.262 e. The van der Waals surface area contributed by atoms with Crippen LogP contribution in [-0.4, -0.2) is 24.4 Å². The standard InChI is InChI=1S/C23H22N2O4/c1-3-25-19-14-16(22(26)24-15(2)13-17-7-6-12-28-17)10-11-21(19)29-20-9-5-4-8-18(20)23(25)27/h4-12,14-15H,3,13H2,1-2H3,(H,24,26)/t15-/m1/s1. The van der Waals surface area contributed by atoms with E-state index >= 15 is 0 Å². The lowest BCUT2D eigenvalue weighted by Gasteiger charge is -2.21. The van der Waals surface area contributed by atoms with Gasteiger partial charge in [-0.3, -0.25) is 9.59 Å². The monoisotopic (exact) mass is 390 g/mol. The second kappa shape index (κ2) is 7.83. The fourth-order valence-corrected chi connectivity index (χ4v) is 3.46. The van der Waals surface area contributed by atoms with Crippen LogP contribution in [0, 0.1) is 0 Å². The Hall–Kier alpha value is -3.54. The number of nitrogens with one attached hydrogen (secondary N) is 1. The number of rotatable bonds is 5. The molecule has 2 heterocycles. The Morgan fingerprint density at radius 1 is 1.10 bits per heavy atom. The maximum absolute atomic E-state index is 13.0. The second-order valence-electron chi connectivity index (χ2n) is 6.99. The molecule has 1 aliphatic rings. The molecule has 148 valence electrons. The van der Waals surface area contributed by atoms with E-state index in [1.54, 1.807) is 41.5 Å². The van der Waals surface area contributed by atoms with Crippen molar-refractivity contribution in [3.8, 4) is 11.5 Å². The molecule has 0 bridgehead atoms. The van der Waals surface area contributed by atoms with Gasteiger partial charge in [-0.15, -0.1) is 0 Å². The fraction of sp³-hybridized carbons (Fsp3) is 0.217. The summed E-state index contributed by atoms with van der Waals surface area (Å²) in [4.78, 5) is 27.4. The van der Waals surface area contributed by atoms with Gasteiger partial charge >= 0.3 is 0 Å². The Morgan fingerprint density at radius 3 is 2.69 bits per heavy atom. The SMILES string of the molecule is CCN1C(=O)c2ccccc2Oc2ccc(C(=O)N[C@H](C)Cc3ccco3)cc21. The summed E-state index contributed by atoms with van der Waals surface area (Å²) in [6.07, 6.45) is 2.21. The maximum Gasteiger partial charge on any atom is 0.262 e. The van der Waals surface area contributed by atoms with E-state index in [0.29, 0.717) is 41.3 Å². The minimum absolute atomic E-state index is 0.100.